The summed E-state index contributed by atoms with van der Waals surface area (Å²) >= 11 is 0. The van der Waals surface area contributed by atoms with Crippen LogP contribution in [0.15, 0.2) is 52.0 Å². The third kappa shape index (κ3) is 3.76. The first-order valence-electron chi connectivity index (χ1n) is 7.06. The van der Waals surface area contributed by atoms with Gasteiger partial charge in [0.1, 0.15) is 0 Å². The van der Waals surface area contributed by atoms with E-state index in [2.05, 4.69) is 5.32 Å². The molecule has 1 heterocycles. The molecule has 22 heavy (non-hydrogen) atoms. The molecule has 6 heteroatoms. The highest BCUT2D eigenvalue weighted by molar-refractivity contribution is 7.92. The van der Waals surface area contributed by atoms with Crippen molar-refractivity contribution in [2.75, 3.05) is 6.54 Å². The molecule has 1 aromatic carbocycles. The lowest BCUT2D eigenvalue weighted by molar-refractivity contribution is 0.0926. The summed E-state index contributed by atoms with van der Waals surface area (Å²) in [4.78, 5) is 12.0. The second kappa shape index (κ2) is 6.79. The Morgan fingerprint density at radius 2 is 1.86 bits per heavy atom. The third-order valence-corrected chi connectivity index (χ3v) is 5.49. The largest absolute Gasteiger partial charge is 0.459 e. The summed E-state index contributed by atoms with van der Waals surface area (Å²) in [5.41, 5.74) is 0.961. The molecule has 1 N–H and O–H groups in total. The number of furan rings is 1. The van der Waals surface area contributed by atoms with Crippen molar-refractivity contribution in [2.45, 2.75) is 30.4 Å². The number of nitrogens with one attached hydrogen (secondary N) is 1. The molecule has 0 radical (unpaired) electrons. The van der Waals surface area contributed by atoms with Crippen LogP contribution in [0.5, 0.6) is 0 Å². The van der Waals surface area contributed by atoms with Gasteiger partial charge in [-0.2, -0.15) is 0 Å². The van der Waals surface area contributed by atoms with Crippen molar-refractivity contribution in [3.05, 3.63) is 54.0 Å². The summed E-state index contributed by atoms with van der Waals surface area (Å²) in [5.74, 6) is 0.0161. The highest BCUT2D eigenvalue weighted by Crippen LogP contribution is 2.16. The highest BCUT2D eigenvalue weighted by Gasteiger charge is 2.18. The van der Waals surface area contributed by atoms with Crippen LogP contribution in [0.2, 0.25) is 0 Å². The molecule has 0 unspecified atom stereocenters. The zero-order valence-electron chi connectivity index (χ0n) is 12.6. The molecule has 1 amide bonds. The predicted octanol–water partition coefficient (Wildman–Crippen LogP) is 2.43. The van der Waals surface area contributed by atoms with Crippen LogP contribution in [-0.4, -0.2) is 26.1 Å². The van der Waals surface area contributed by atoms with Gasteiger partial charge in [0, 0.05) is 6.54 Å². The first-order chi connectivity index (χ1) is 10.4. The topological polar surface area (TPSA) is 76.4 Å². The van der Waals surface area contributed by atoms with Gasteiger partial charge in [0.15, 0.2) is 15.6 Å². The summed E-state index contributed by atoms with van der Waals surface area (Å²) in [6.07, 6.45) is 2.07. The van der Waals surface area contributed by atoms with Crippen molar-refractivity contribution < 1.29 is 17.6 Å². The third-order valence-electron chi connectivity index (χ3n) is 3.32. The predicted molar refractivity (Wildman–Crippen MR) is 83.5 cm³/mol. The summed E-state index contributed by atoms with van der Waals surface area (Å²) in [6, 6.07) is 10.0. The van der Waals surface area contributed by atoms with E-state index in [1.54, 1.807) is 50.2 Å². The van der Waals surface area contributed by atoms with E-state index in [-0.39, 0.29) is 11.7 Å². The minimum Gasteiger partial charge on any atom is -0.459 e. The summed E-state index contributed by atoms with van der Waals surface area (Å²) in [7, 11) is -3.24. The number of amides is 1. The number of hydrogen-bond acceptors (Lipinski definition) is 4. The summed E-state index contributed by atoms with van der Waals surface area (Å²) < 4.78 is 29.0. The number of hydrogen-bond donors (Lipinski definition) is 1. The van der Waals surface area contributed by atoms with Gasteiger partial charge in [-0.05, 0) is 50.1 Å². The molecule has 0 fully saturated rings. The van der Waals surface area contributed by atoms with Crippen LogP contribution in [0, 0.1) is 0 Å². The maximum Gasteiger partial charge on any atom is 0.286 e. The van der Waals surface area contributed by atoms with E-state index < -0.39 is 15.1 Å². The minimum absolute atomic E-state index is 0.260. The first-order valence-corrected chi connectivity index (χ1v) is 8.60. The molecule has 2 rings (SSSR count). The van der Waals surface area contributed by atoms with E-state index in [0.717, 1.165) is 5.56 Å². The standard InChI is InChI=1S/C16H19NO4S/c1-12(2)22(19,20)14-7-5-13(6-8-14)9-10-17-16(18)15-4-3-11-21-15/h3-8,11-12H,9-10H2,1-2H3,(H,17,18). The fraction of sp³-hybridized carbons (Fsp3) is 0.312. The number of benzene rings is 1. The Kier molecular flexibility index (Phi) is 5.03. The lowest BCUT2D eigenvalue weighted by atomic mass is 10.1. The Labute approximate surface area is 130 Å². The Morgan fingerprint density at radius 1 is 1.18 bits per heavy atom. The quantitative estimate of drug-likeness (QED) is 0.886. The molecular formula is C16H19NO4S. The Morgan fingerprint density at radius 3 is 2.41 bits per heavy atom. The lowest BCUT2D eigenvalue weighted by Crippen LogP contribution is -2.25. The van der Waals surface area contributed by atoms with E-state index in [0.29, 0.717) is 17.9 Å². The van der Waals surface area contributed by atoms with Gasteiger partial charge < -0.3 is 9.73 Å². The molecule has 0 aliphatic heterocycles. The maximum absolute atomic E-state index is 12.0. The van der Waals surface area contributed by atoms with Gasteiger partial charge >= 0.3 is 0 Å². The fourth-order valence-electron chi connectivity index (χ4n) is 1.93. The van der Waals surface area contributed by atoms with Crippen molar-refractivity contribution in [1.29, 1.82) is 0 Å². The number of carbonyl (C=O) groups excluding carboxylic acids is 1. The van der Waals surface area contributed by atoms with Crippen LogP contribution >= 0.6 is 0 Å². The molecule has 118 valence electrons. The van der Waals surface area contributed by atoms with Crippen LogP contribution in [0.25, 0.3) is 0 Å². The average molecular weight is 321 g/mol. The molecule has 0 saturated heterocycles. The second-order valence-electron chi connectivity index (χ2n) is 5.22. The lowest BCUT2D eigenvalue weighted by Gasteiger charge is -2.09. The fourth-order valence-corrected chi connectivity index (χ4v) is 2.99. The number of sulfone groups is 1. The first kappa shape index (κ1) is 16.3. The second-order valence-corrected chi connectivity index (χ2v) is 7.73. The van der Waals surface area contributed by atoms with Crippen LogP contribution in [0.1, 0.15) is 30.0 Å². The SMILES string of the molecule is CC(C)S(=O)(=O)c1ccc(CCNC(=O)c2ccco2)cc1. The Hall–Kier alpha value is -2.08. The van der Waals surface area contributed by atoms with Gasteiger partial charge in [0.2, 0.25) is 0 Å². The molecule has 5 nitrogen and oxygen atoms in total. The normalized spacial score (nSPS) is 11.6. The van der Waals surface area contributed by atoms with Gasteiger partial charge in [-0.25, -0.2) is 8.42 Å². The van der Waals surface area contributed by atoms with Crippen molar-refractivity contribution >= 4 is 15.7 Å². The molecule has 0 bridgehead atoms. The highest BCUT2D eigenvalue weighted by atomic mass is 32.2. The molecule has 1 aromatic heterocycles. The van der Waals surface area contributed by atoms with Crippen molar-refractivity contribution in [2.24, 2.45) is 0 Å². The molecule has 0 aliphatic rings. The average Bonchev–Trinajstić information content (AvgIpc) is 3.02. The zero-order chi connectivity index (χ0) is 16.2. The molecular weight excluding hydrogens is 302 g/mol. The van der Waals surface area contributed by atoms with E-state index >= 15 is 0 Å². The van der Waals surface area contributed by atoms with Crippen LogP contribution in [-0.2, 0) is 16.3 Å². The summed E-state index contributed by atoms with van der Waals surface area (Å²) in [5, 5.41) is 2.31. The van der Waals surface area contributed by atoms with Crippen LogP contribution < -0.4 is 5.32 Å². The molecule has 0 atom stereocenters. The smallest absolute Gasteiger partial charge is 0.286 e. The van der Waals surface area contributed by atoms with Gasteiger partial charge in [-0.1, -0.05) is 12.1 Å². The van der Waals surface area contributed by atoms with Gasteiger partial charge in [-0.3, -0.25) is 4.79 Å². The van der Waals surface area contributed by atoms with Gasteiger partial charge in [-0.15, -0.1) is 0 Å². The molecule has 0 aliphatic carbocycles. The number of carbonyl (C=O) groups is 1. The Balaban J connectivity index is 1.91. The Bertz CT molecular complexity index is 716. The van der Waals surface area contributed by atoms with Crippen molar-refractivity contribution in [1.82, 2.24) is 5.32 Å². The van der Waals surface area contributed by atoms with Crippen molar-refractivity contribution in [3.63, 3.8) is 0 Å². The minimum atomic E-state index is -3.24. The molecule has 2 aromatic rings. The summed E-state index contributed by atoms with van der Waals surface area (Å²) in [6.45, 7) is 3.77. The number of rotatable bonds is 6. The van der Waals surface area contributed by atoms with Crippen molar-refractivity contribution in [3.8, 4) is 0 Å². The maximum atomic E-state index is 12.0. The monoisotopic (exact) mass is 321 g/mol. The van der Waals surface area contributed by atoms with E-state index in [1.807, 2.05) is 0 Å². The van der Waals surface area contributed by atoms with E-state index in [1.165, 1.54) is 6.26 Å². The zero-order valence-corrected chi connectivity index (χ0v) is 13.4. The van der Waals surface area contributed by atoms with E-state index in [9.17, 15) is 13.2 Å². The van der Waals surface area contributed by atoms with Crippen LogP contribution in [0.4, 0.5) is 0 Å². The molecule has 0 saturated carbocycles. The van der Waals surface area contributed by atoms with E-state index in [4.69, 9.17) is 4.42 Å². The van der Waals surface area contributed by atoms with Gasteiger partial charge in [0.05, 0.1) is 16.4 Å². The molecule has 0 spiro atoms. The van der Waals surface area contributed by atoms with Crippen LogP contribution in [0.3, 0.4) is 0 Å². The van der Waals surface area contributed by atoms with Gasteiger partial charge in [0.25, 0.3) is 5.91 Å².